The Kier molecular flexibility index (Phi) is 6.00. The van der Waals surface area contributed by atoms with Crippen molar-refractivity contribution < 1.29 is 4.79 Å². The van der Waals surface area contributed by atoms with Crippen molar-refractivity contribution in [1.82, 2.24) is 14.9 Å². The van der Waals surface area contributed by atoms with E-state index >= 15 is 0 Å². The van der Waals surface area contributed by atoms with Crippen LogP contribution in [0, 0.1) is 13.8 Å². The second-order valence-corrected chi connectivity index (χ2v) is 9.66. The van der Waals surface area contributed by atoms with Crippen molar-refractivity contribution in [3.8, 4) is 11.4 Å². The summed E-state index contributed by atoms with van der Waals surface area (Å²) in [5.41, 5.74) is 5.26. The van der Waals surface area contributed by atoms with Gasteiger partial charge in [0.2, 0.25) is 0 Å². The maximum atomic E-state index is 13.0. The number of aryl methyl sites for hydroxylation is 2. The molecule has 5 heteroatoms. The van der Waals surface area contributed by atoms with Gasteiger partial charge in [0.25, 0.3) is 5.91 Å². The van der Waals surface area contributed by atoms with Crippen molar-refractivity contribution in [3.05, 3.63) is 77.0 Å². The Morgan fingerprint density at radius 2 is 1.47 bits per heavy atom. The van der Waals surface area contributed by atoms with Gasteiger partial charge in [0.1, 0.15) is 5.82 Å². The third-order valence-corrected chi connectivity index (χ3v) is 6.04. The highest BCUT2D eigenvalue weighted by molar-refractivity contribution is 5.94. The molecule has 2 aromatic carbocycles. The summed E-state index contributed by atoms with van der Waals surface area (Å²) in [7, 11) is 0. The fourth-order valence-electron chi connectivity index (χ4n) is 3.98. The fourth-order valence-corrected chi connectivity index (χ4v) is 3.98. The summed E-state index contributed by atoms with van der Waals surface area (Å²) in [6.45, 7) is 13.5. The van der Waals surface area contributed by atoms with E-state index in [1.807, 2.05) is 30.0 Å². The Bertz CT molecular complexity index is 1090. The standard InChI is InChI=1S/C27H32N4O/c1-19-6-8-21(9-7-19)25-28-20(2)18-24(29-25)30-14-16-31(17-15-30)26(32)22-10-12-23(13-11-22)27(3,4)5/h6-13,18H,14-17H2,1-5H3. The Morgan fingerprint density at radius 1 is 0.844 bits per heavy atom. The third-order valence-electron chi connectivity index (χ3n) is 6.04. The van der Waals surface area contributed by atoms with E-state index < -0.39 is 0 Å². The van der Waals surface area contributed by atoms with Crippen LogP contribution < -0.4 is 4.90 Å². The second-order valence-electron chi connectivity index (χ2n) is 9.66. The van der Waals surface area contributed by atoms with Gasteiger partial charge in [-0.05, 0) is 37.0 Å². The minimum atomic E-state index is 0.0836. The van der Waals surface area contributed by atoms with Gasteiger partial charge in [0, 0.05) is 49.1 Å². The predicted octanol–water partition coefficient (Wildman–Crippen LogP) is 5.02. The first-order valence-electron chi connectivity index (χ1n) is 11.3. The lowest BCUT2D eigenvalue weighted by Crippen LogP contribution is -2.49. The van der Waals surface area contributed by atoms with Gasteiger partial charge in [-0.3, -0.25) is 4.79 Å². The summed E-state index contributed by atoms with van der Waals surface area (Å²) in [6, 6.07) is 18.4. The maximum absolute atomic E-state index is 13.0. The molecule has 4 rings (SSSR count). The van der Waals surface area contributed by atoms with Crippen LogP contribution in [0.3, 0.4) is 0 Å². The molecule has 0 atom stereocenters. The average Bonchev–Trinajstić information content (AvgIpc) is 2.78. The van der Waals surface area contributed by atoms with E-state index in [1.165, 1.54) is 11.1 Å². The van der Waals surface area contributed by atoms with Gasteiger partial charge in [0.15, 0.2) is 5.82 Å². The summed E-state index contributed by atoms with van der Waals surface area (Å²) in [4.78, 5) is 26.7. The molecule has 1 fully saturated rings. The normalized spacial score (nSPS) is 14.5. The van der Waals surface area contributed by atoms with E-state index in [-0.39, 0.29) is 11.3 Å². The van der Waals surface area contributed by atoms with Crippen molar-refractivity contribution in [2.24, 2.45) is 0 Å². The zero-order valence-corrected chi connectivity index (χ0v) is 19.7. The molecule has 0 unspecified atom stereocenters. The van der Waals surface area contributed by atoms with Crippen molar-refractivity contribution in [2.75, 3.05) is 31.1 Å². The van der Waals surface area contributed by atoms with Gasteiger partial charge in [0.05, 0.1) is 0 Å². The first-order valence-corrected chi connectivity index (χ1v) is 11.3. The van der Waals surface area contributed by atoms with Gasteiger partial charge < -0.3 is 9.80 Å². The van der Waals surface area contributed by atoms with Crippen molar-refractivity contribution in [2.45, 2.75) is 40.0 Å². The van der Waals surface area contributed by atoms with Gasteiger partial charge in [-0.15, -0.1) is 0 Å². The topological polar surface area (TPSA) is 49.3 Å². The SMILES string of the molecule is Cc1ccc(-c2nc(C)cc(N3CCN(C(=O)c4ccc(C(C)(C)C)cc4)CC3)n2)cc1. The highest BCUT2D eigenvalue weighted by atomic mass is 16.2. The Hall–Kier alpha value is -3.21. The van der Waals surface area contributed by atoms with Crippen LogP contribution in [0.4, 0.5) is 5.82 Å². The molecule has 2 heterocycles. The van der Waals surface area contributed by atoms with Crippen LogP contribution in [-0.4, -0.2) is 47.0 Å². The third kappa shape index (κ3) is 4.82. The number of amides is 1. The van der Waals surface area contributed by atoms with Crippen molar-refractivity contribution in [1.29, 1.82) is 0 Å². The molecule has 1 saturated heterocycles. The van der Waals surface area contributed by atoms with E-state index in [1.54, 1.807) is 0 Å². The zero-order valence-electron chi connectivity index (χ0n) is 19.7. The predicted molar refractivity (Wildman–Crippen MR) is 130 cm³/mol. The van der Waals surface area contributed by atoms with Crippen LogP contribution in [0.2, 0.25) is 0 Å². The lowest BCUT2D eigenvalue weighted by Gasteiger charge is -2.35. The minimum absolute atomic E-state index is 0.0836. The summed E-state index contributed by atoms with van der Waals surface area (Å²) in [6.07, 6.45) is 0. The number of hydrogen-bond donors (Lipinski definition) is 0. The highest BCUT2D eigenvalue weighted by Crippen LogP contribution is 2.24. The minimum Gasteiger partial charge on any atom is -0.353 e. The zero-order chi connectivity index (χ0) is 22.9. The van der Waals surface area contributed by atoms with Gasteiger partial charge in [-0.2, -0.15) is 0 Å². The maximum Gasteiger partial charge on any atom is 0.253 e. The number of piperazine rings is 1. The molecular weight excluding hydrogens is 396 g/mol. The number of hydrogen-bond acceptors (Lipinski definition) is 4. The highest BCUT2D eigenvalue weighted by Gasteiger charge is 2.24. The lowest BCUT2D eigenvalue weighted by molar-refractivity contribution is 0.0746. The van der Waals surface area contributed by atoms with Gasteiger partial charge in [-0.1, -0.05) is 62.7 Å². The summed E-state index contributed by atoms with van der Waals surface area (Å²) in [5, 5.41) is 0. The Balaban J connectivity index is 1.44. The molecule has 0 spiro atoms. The molecule has 1 aromatic heterocycles. The number of nitrogens with zero attached hydrogens (tertiary/aromatic N) is 4. The summed E-state index contributed by atoms with van der Waals surface area (Å²) >= 11 is 0. The molecular formula is C27H32N4O. The number of rotatable bonds is 3. The molecule has 166 valence electrons. The molecule has 1 aliphatic rings. The molecule has 0 bridgehead atoms. The van der Waals surface area contributed by atoms with Crippen molar-refractivity contribution in [3.63, 3.8) is 0 Å². The first kappa shape index (κ1) is 22.0. The average molecular weight is 429 g/mol. The van der Waals surface area contributed by atoms with Crippen LogP contribution in [0.25, 0.3) is 11.4 Å². The molecule has 0 saturated carbocycles. The van der Waals surface area contributed by atoms with E-state index in [4.69, 9.17) is 4.98 Å². The van der Waals surface area contributed by atoms with Crippen LogP contribution in [-0.2, 0) is 5.41 Å². The number of carbonyl (C=O) groups is 1. The summed E-state index contributed by atoms with van der Waals surface area (Å²) in [5.74, 6) is 1.77. The van der Waals surface area contributed by atoms with Crippen LogP contribution >= 0.6 is 0 Å². The number of aromatic nitrogens is 2. The van der Waals surface area contributed by atoms with Gasteiger partial charge >= 0.3 is 0 Å². The van der Waals surface area contributed by atoms with Crippen LogP contribution in [0.15, 0.2) is 54.6 Å². The lowest BCUT2D eigenvalue weighted by atomic mass is 9.86. The molecule has 0 N–H and O–H groups in total. The Morgan fingerprint density at radius 3 is 2.06 bits per heavy atom. The smallest absolute Gasteiger partial charge is 0.253 e. The Labute approximate surface area is 191 Å². The molecule has 0 aliphatic carbocycles. The molecule has 32 heavy (non-hydrogen) atoms. The molecule has 1 aliphatic heterocycles. The first-order chi connectivity index (χ1) is 15.2. The van der Waals surface area contributed by atoms with E-state index in [2.05, 4.69) is 74.0 Å². The fraction of sp³-hybridized carbons (Fsp3) is 0.370. The van der Waals surface area contributed by atoms with E-state index in [0.29, 0.717) is 13.1 Å². The number of anilines is 1. The van der Waals surface area contributed by atoms with Crippen molar-refractivity contribution >= 4 is 11.7 Å². The van der Waals surface area contributed by atoms with Gasteiger partial charge in [-0.25, -0.2) is 9.97 Å². The number of benzene rings is 2. The summed E-state index contributed by atoms with van der Waals surface area (Å²) < 4.78 is 0. The largest absolute Gasteiger partial charge is 0.353 e. The quantitative estimate of drug-likeness (QED) is 0.588. The van der Waals surface area contributed by atoms with Crippen LogP contribution in [0.1, 0.15) is 48.0 Å². The molecule has 5 nitrogen and oxygen atoms in total. The van der Waals surface area contributed by atoms with E-state index in [0.717, 1.165) is 41.6 Å². The molecule has 1 amide bonds. The molecule has 0 radical (unpaired) electrons. The monoisotopic (exact) mass is 428 g/mol. The molecule has 3 aromatic rings. The van der Waals surface area contributed by atoms with E-state index in [9.17, 15) is 4.79 Å². The number of carbonyl (C=O) groups excluding carboxylic acids is 1. The van der Waals surface area contributed by atoms with Crippen LogP contribution in [0.5, 0.6) is 0 Å². The second kappa shape index (κ2) is 8.73.